The molecule has 1 aromatic rings. The summed E-state index contributed by atoms with van der Waals surface area (Å²) in [4.78, 5) is 23.5. The number of nitro groups is 1. The van der Waals surface area contributed by atoms with Gasteiger partial charge in [-0.3, -0.25) is 19.8 Å². The van der Waals surface area contributed by atoms with Gasteiger partial charge in [-0.25, -0.2) is 0 Å². The maximum atomic E-state index is 11.1. The summed E-state index contributed by atoms with van der Waals surface area (Å²) in [5.74, 6) is -1.000. The number of nitrogens with zero attached hydrogens (tertiary/aromatic N) is 2. The predicted molar refractivity (Wildman–Crippen MR) is 78.2 cm³/mol. The molecule has 1 aliphatic heterocycles. The molecule has 2 unspecified atom stereocenters. The van der Waals surface area contributed by atoms with Crippen molar-refractivity contribution >= 4 is 11.7 Å². The van der Waals surface area contributed by atoms with Crippen LogP contribution in [-0.2, 0) is 11.2 Å². The molecule has 0 radical (unpaired) electrons. The lowest BCUT2D eigenvalue weighted by Gasteiger charge is -2.35. The Morgan fingerprint density at radius 1 is 1.48 bits per heavy atom. The summed E-state index contributed by atoms with van der Waals surface area (Å²) in [6.07, 6.45) is 2.42. The van der Waals surface area contributed by atoms with Gasteiger partial charge in [-0.2, -0.15) is 0 Å². The summed E-state index contributed by atoms with van der Waals surface area (Å²) < 4.78 is 0. The Kier molecular flexibility index (Phi) is 4.90. The van der Waals surface area contributed by atoms with Gasteiger partial charge in [0.25, 0.3) is 5.69 Å². The minimum absolute atomic E-state index is 0.0929. The van der Waals surface area contributed by atoms with Gasteiger partial charge in [0.2, 0.25) is 0 Å². The van der Waals surface area contributed by atoms with Crippen LogP contribution in [0, 0.1) is 16.0 Å². The van der Waals surface area contributed by atoms with Crippen molar-refractivity contribution in [3.8, 4) is 0 Å². The van der Waals surface area contributed by atoms with E-state index in [0.717, 1.165) is 31.4 Å². The van der Waals surface area contributed by atoms with Crippen molar-refractivity contribution in [2.24, 2.45) is 5.92 Å². The molecule has 6 heteroatoms. The third kappa shape index (κ3) is 4.01. The van der Waals surface area contributed by atoms with E-state index in [1.807, 2.05) is 0 Å². The number of non-ortho nitro benzene ring substituents is 1. The molecule has 0 amide bonds. The zero-order valence-corrected chi connectivity index (χ0v) is 12.1. The fourth-order valence-corrected chi connectivity index (χ4v) is 2.83. The van der Waals surface area contributed by atoms with Crippen LogP contribution in [-0.4, -0.2) is 40.0 Å². The van der Waals surface area contributed by atoms with Crippen LogP contribution in [0.2, 0.25) is 0 Å². The van der Waals surface area contributed by atoms with Gasteiger partial charge >= 0.3 is 5.97 Å². The topological polar surface area (TPSA) is 83.7 Å². The monoisotopic (exact) mass is 292 g/mol. The van der Waals surface area contributed by atoms with Crippen LogP contribution < -0.4 is 0 Å². The Balaban J connectivity index is 1.95. The second kappa shape index (κ2) is 6.67. The molecule has 6 nitrogen and oxygen atoms in total. The summed E-state index contributed by atoms with van der Waals surface area (Å²) in [7, 11) is 0. The van der Waals surface area contributed by atoms with Crippen LogP contribution in [0.4, 0.5) is 5.69 Å². The average Bonchev–Trinajstić information content (AvgIpc) is 2.48. The fraction of sp³-hybridized carbons (Fsp3) is 0.533. The SMILES string of the molecule is CC(Cc1ccc([N+](=O)[O-])cc1)N1CCCC(C(=O)O)C1. The van der Waals surface area contributed by atoms with Gasteiger partial charge < -0.3 is 5.11 Å². The minimum atomic E-state index is -0.720. The van der Waals surface area contributed by atoms with E-state index in [-0.39, 0.29) is 17.6 Å². The highest BCUT2D eigenvalue weighted by atomic mass is 16.6. The molecule has 0 spiro atoms. The second-order valence-corrected chi connectivity index (χ2v) is 5.65. The Labute approximate surface area is 123 Å². The first-order valence-corrected chi connectivity index (χ1v) is 7.17. The van der Waals surface area contributed by atoms with Gasteiger partial charge in [-0.1, -0.05) is 12.1 Å². The van der Waals surface area contributed by atoms with Crippen molar-refractivity contribution in [1.82, 2.24) is 4.90 Å². The van der Waals surface area contributed by atoms with Crippen molar-refractivity contribution in [2.75, 3.05) is 13.1 Å². The van der Waals surface area contributed by atoms with E-state index in [1.165, 1.54) is 12.1 Å². The molecule has 2 rings (SSSR count). The lowest BCUT2D eigenvalue weighted by molar-refractivity contribution is -0.384. The number of piperidine rings is 1. The largest absolute Gasteiger partial charge is 0.481 e. The molecule has 0 bridgehead atoms. The van der Waals surface area contributed by atoms with Crippen molar-refractivity contribution < 1.29 is 14.8 Å². The van der Waals surface area contributed by atoms with Crippen LogP contribution >= 0.6 is 0 Å². The molecular formula is C15H20N2O4. The summed E-state index contributed by atoms with van der Waals surface area (Å²) in [5, 5.41) is 19.7. The van der Waals surface area contributed by atoms with Gasteiger partial charge in [0, 0.05) is 24.7 Å². The molecule has 1 fully saturated rings. The average molecular weight is 292 g/mol. The molecule has 21 heavy (non-hydrogen) atoms. The lowest BCUT2D eigenvalue weighted by atomic mass is 9.95. The number of likely N-dealkylation sites (tertiary alicyclic amines) is 1. The van der Waals surface area contributed by atoms with Crippen LogP contribution in [0.15, 0.2) is 24.3 Å². The Morgan fingerprint density at radius 3 is 2.71 bits per heavy atom. The van der Waals surface area contributed by atoms with E-state index >= 15 is 0 Å². The predicted octanol–water partition coefficient (Wildman–Crippen LogP) is 2.32. The van der Waals surface area contributed by atoms with E-state index in [1.54, 1.807) is 12.1 Å². The number of hydrogen-bond acceptors (Lipinski definition) is 4. The van der Waals surface area contributed by atoms with E-state index in [9.17, 15) is 14.9 Å². The number of carbonyl (C=O) groups is 1. The maximum Gasteiger partial charge on any atom is 0.307 e. The molecule has 1 heterocycles. The quantitative estimate of drug-likeness (QED) is 0.665. The highest BCUT2D eigenvalue weighted by Gasteiger charge is 2.27. The van der Waals surface area contributed by atoms with Crippen molar-refractivity contribution in [2.45, 2.75) is 32.2 Å². The Morgan fingerprint density at radius 2 is 2.14 bits per heavy atom. The normalized spacial score (nSPS) is 20.9. The van der Waals surface area contributed by atoms with E-state index < -0.39 is 10.9 Å². The van der Waals surface area contributed by atoms with Gasteiger partial charge in [-0.05, 0) is 38.3 Å². The Hall–Kier alpha value is -1.95. The van der Waals surface area contributed by atoms with Gasteiger partial charge in [0.05, 0.1) is 10.8 Å². The van der Waals surface area contributed by atoms with Gasteiger partial charge in [0.15, 0.2) is 0 Å². The minimum Gasteiger partial charge on any atom is -0.481 e. The van der Waals surface area contributed by atoms with Crippen LogP contribution in [0.5, 0.6) is 0 Å². The number of hydrogen-bond donors (Lipinski definition) is 1. The maximum absolute atomic E-state index is 11.1. The smallest absolute Gasteiger partial charge is 0.307 e. The number of aliphatic carboxylic acids is 1. The third-order valence-electron chi connectivity index (χ3n) is 4.10. The van der Waals surface area contributed by atoms with Crippen LogP contribution in [0.3, 0.4) is 0 Å². The molecule has 1 aromatic carbocycles. The fourth-order valence-electron chi connectivity index (χ4n) is 2.83. The number of carboxylic acid groups (broad SMARTS) is 1. The van der Waals surface area contributed by atoms with Gasteiger partial charge in [-0.15, -0.1) is 0 Å². The van der Waals surface area contributed by atoms with E-state index in [2.05, 4.69) is 11.8 Å². The van der Waals surface area contributed by atoms with Gasteiger partial charge in [0.1, 0.15) is 0 Å². The molecule has 1 saturated heterocycles. The lowest BCUT2D eigenvalue weighted by Crippen LogP contribution is -2.44. The highest BCUT2D eigenvalue weighted by Crippen LogP contribution is 2.21. The first-order valence-electron chi connectivity index (χ1n) is 7.17. The first-order chi connectivity index (χ1) is 9.97. The van der Waals surface area contributed by atoms with Crippen molar-refractivity contribution in [3.63, 3.8) is 0 Å². The standard InChI is InChI=1S/C15H20N2O4/c1-11(16-8-2-3-13(10-16)15(18)19)9-12-4-6-14(7-5-12)17(20)21/h4-7,11,13H,2-3,8-10H2,1H3,(H,18,19). The zero-order chi connectivity index (χ0) is 15.4. The van der Waals surface area contributed by atoms with Crippen LogP contribution in [0.1, 0.15) is 25.3 Å². The second-order valence-electron chi connectivity index (χ2n) is 5.65. The van der Waals surface area contributed by atoms with E-state index in [4.69, 9.17) is 5.11 Å². The molecule has 114 valence electrons. The Bertz CT molecular complexity index is 515. The first kappa shape index (κ1) is 15.4. The molecule has 0 saturated carbocycles. The van der Waals surface area contributed by atoms with Crippen molar-refractivity contribution in [1.29, 1.82) is 0 Å². The number of rotatable bonds is 5. The number of carboxylic acids is 1. The number of benzene rings is 1. The number of nitro benzene ring substituents is 1. The van der Waals surface area contributed by atoms with Crippen LogP contribution in [0.25, 0.3) is 0 Å². The van der Waals surface area contributed by atoms with Crippen molar-refractivity contribution in [3.05, 3.63) is 39.9 Å². The van der Waals surface area contributed by atoms with E-state index in [0.29, 0.717) is 6.54 Å². The molecule has 0 aliphatic carbocycles. The third-order valence-corrected chi connectivity index (χ3v) is 4.10. The molecule has 1 aliphatic rings. The summed E-state index contributed by atoms with van der Waals surface area (Å²) in [5.41, 5.74) is 1.13. The summed E-state index contributed by atoms with van der Waals surface area (Å²) >= 11 is 0. The highest BCUT2D eigenvalue weighted by molar-refractivity contribution is 5.70. The zero-order valence-electron chi connectivity index (χ0n) is 12.1. The molecule has 2 atom stereocenters. The molecule has 0 aromatic heterocycles. The molecule has 1 N–H and O–H groups in total. The molecular weight excluding hydrogens is 272 g/mol. The summed E-state index contributed by atoms with van der Waals surface area (Å²) in [6, 6.07) is 6.80. The summed E-state index contributed by atoms with van der Waals surface area (Å²) in [6.45, 7) is 3.58.